The van der Waals surface area contributed by atoms with Gasteiger partial charge in [-0.3, -0.25) is 9.36 Å². The molecule has 0 aliphatic heterocycles. The van der Waals surface area contributed by atoms with Gasteiger partial charge in [0.15, 0.2) is 11.0 Å². The molecular formula is C20H21ClN4O2S. The van der Waals surface area contributed by atoms with E-state index in [1.807, 2.05) is 54.0 Å². The van der Waals surface area contributed by atoms with Gasteiger partial charge in [0.1, 0.15) is 0 Å². The van der Waals surface area contributed by atoms with Crippen molar-refractivity contribution < 1.29 is 9.53 Å². The Kier molecular flexibility index (Phi) is 7.08. The predicted octanol–water partition coefficient (Wildman–Crippen LogP) is 4.28. The maximum atomic E-state index is 12.3. The molecule has 0 saturated carbocycles. The fourth-order valence-corrected chi connectivity index (χ4v) is 3.52. The Morgan fingerprint density at radius 3 is 2.71 bits per heavy atom. The van der Waals surface area contributed by atoms with Crippen LogP contribution in [0.4, 0.5) is 5.69 Å². The van der Waals surface area contributed by atoms with Gasteiger partial charge < -0.3 is 10.1 Å². The zero-order valence-corrected chi connectivity index (χ0v) is 17.3. The van der Waals surface area contributed by atoms with E-state index in [4.69, 9.17) is 16.3 Å². The summed E-state index contributed by atoms with van der Waals surface area (Å²) in [4.78, 5) is 12.3. The highest BCUT2D eigenvalue weighted by molar-refractivity contribution is 7.99. The number of anilines is 1. The second kappa shape index (κ2) is 9.73. The summed E-state index contributed by atoms with van der Waals surface area (Å²) in [6.45, 7) is 3.05. The maximum Gasteiger partial charge on any atom is 0.234 e. The number of carbonyl (C=O) groups excluding carboxylic acids is 1. The lowest BCUT2D eigenvalue weighted by Gasteiger charge is -2.10. The number of amides is 1. The van der Waals surface area contributed by atoms with Gasteiger partial charge in [0.05, 0.1) is 18.9 Å². The van der Waals surface area contributed by atoms with Gasteiger partial charge in [-0.1, -0.05) is 59.8 Å². The van der Waals surface area contributed by atoms with Gasteiger partial charge in [-0.15, -0.1) is 10.2 Å². The molecule has 8 heteroatoms. The Labute approximate surface area is 173 Å². The molecule has 146 valence electrons. The molecular weight excluding hydrogens is 396 g/mol. The molecule has 3 aromatic rings. The van der Waals surface area contributed by atoms with E-state index in [9.17, 15) is 4.79 Å². The molecule has 0 spiro atoms. The normalized spacial score (nSPS) is 10.8. The number of halogens is 1. The second-order valence-corrected chi connectivity index (χ2v) is 7.47. The molecule has 1 N–H and O–H groups in total. The van der Waals surface area contributed by atoms with Crippen LogP contribution in [0, 0.1) is 6.92 Å². The average molecular weight is 417 g/mol. The van der Waals surface area contributed by atoms with E-state index in [1.165, 1.54) is 11.8 Å². The van der Waals surface area contributed by atoms with Crippen LogP contribution in [0.3, 0.4) is 0 Å². The van der Waals surface area contributed by atoms with Crippen LogP contribution >= 0.6 is 23.4 Å². The molecule has 0 fully saturated rings. The first-order valence-electron chi connectivity index (χ1n) is 8.75. The highest BCUT2D eigenvalue weighted by Gasteiger charge is 2.15. The first-order valence-corrected chi connectivity index (χ1v) is 10.1. The van der Waals surface area contributed by atoms with Crippen LogP contribution in [0.15, 0.2) is 53.7 Å². The van der Waals surface area contributed by atoms with Crippen molar-refractivity contribution in [1.29, 1.82) is 0 Å². The molecule has 0 radical (unpaired) electrons. The molecule has 0 aliphatic carbocycles. The molecule has 2 aromatic carbocycles. The van der Waals surface area contributed by atoms with E-state index in [-0.39, 0.29) is 11.7 Å². The number of benzene rings is 2. The smallest absolute Gasteiger partial charge is 0.234 e. The molecule has 3 rings (SSSR count). The van der Waals surface area contributed by atoms with Crippen LogP contribution in [-0.4, -0.2) is 40.1 Å². The lowest BCUT2D eigenvalue weighted by atomic mass is 10.2. The van der Waals surface area contributed by atoms with Crippen molar-refractivity contribution in [3.63, 3.8) is 0 Å². The van der Waals surface area contributed by atoms with Crippen LogP contribution in [0.5, 0.6) is 0 Å². The highest BCUT2D eigenvalue weighted by Crippen LogP contribution is 2.24. The fraction of sp³-hybridized carbons (Fsp3) is 0.250. The van der Waals surface area contributed by atoms with E-state index in [0.29, 0.717) is 29.0 Å². The van der Waals surface area contributed by atoms with Crippen molar-refractivity contribution in [2.24, 2.45) is 0 Å². The van der Waals surface area contributed by atoms with Crippen LogP contribution in [-0.2, 0) is 16.1 Å². The van der Waals surface area contributed by atoms with Crippen molar-refractivity contribution >= 4 is 35.0 Å². The van der Waals surface area contributed by atoms with Gasteiger partial charge in [0.25, 0.3) is 0 Å². The summed E-state index contributed by atoms with van der Waals surface area (Å²) in [5.74, 6) is 0.837. The number of ether oxygens (including phenoxy) is 1. The number of thioether (sulfide) groups is 1. The Bertz CT molecular complexity index is 947. The third-order valence-electron chi connectivity index (χ3n) is 4.06. The summed E-state index contributed by atoms with van der Waals surface area (Å²) < 4.78 is 7.18. The lowest BCUT2D eigenvalue weighted by Crippen LogP contribution is -2.15. The Morgan fingerprint density at radius 2 is 2.00 bits per heavy atom. The van der Waals surface area contributed by atoms with E-state index >= 15 is 0 Å². The van der Waals surface area contributed by atoms with Crippen molar-refractivity contribution in [1.82, 2.24) is 14.8 Å². The lowest BCUT2D eigenvalue weighted by molar-refractivity contribution is -0.113. The largest absolute Gasteiger partial charge is 0.383 e. The third kappa shape index (κ3) is 5.13. The molecule has 0 aliphatic rings. The maximum absolute atomic E-state index is 12.3. The SMILES string of the molecule is COCCn1c(SCC(=O)Nc2ccc(C)c(Cl)c2)nnc1-c1ccccc1. The van der Waals surface area contributed by atoms with Gasteiger partial charge in [0.2, 0.25) is 5.91 Å². The van der Waals surface area contributed by atoms with E-state index in [2.05, 4.69) is 15.5 Å². The van der Waals surface area contributed by atoms with Crippen molar-refractivity contribution in [3.8, 4) is 11.4 Å². The number of hydrogen-bond donors (Lipinski definition) is 1. The summed E-state index contributed by atoms with van der Waals surface area (Å²) in [5, 5.41) is 12.7. The minimum Gasteiger partial charge on any atom is -0.383 e. The van der Waals surface area contributed by atoms with Gasteiger partial charge in [-0.05, 0) is 24.6 Å². The highest BCUT2D eigenvalue weighted by atomic mass is 35.5. The number of aromatic nitrogens is 3. The second-order valence-electron chi connectivity index (χ2n) is 6.12. The first kappa shape index (κ1) is 20.4. The number of rotatable bonds is 8. The molecule has 6 nitrogen and oxygen atoms in total. The summed E-state index contributed by atoms with van der Waals surface area (Å²) in [6.07, 6.45) is 0. The van der Waals surface area contributed by atoms with Gasteiger partial charge >= 0.3 is 0 Å². The van der Waals surface area contributed by atoms with Crippen molar-refractivity contribution in [2.45, 2.75) is 18.6 Å². The molecule has 28 heavy (non-hydrogen) atoms. The number of methoxy groups -OCH3 is 1. The molecule has 0 saturated heterocycles. The Balaban J connectivity index is 1.70. The topological polar surface area (TPSA) is 69.0 Å². The third-order valence-corrected chi connectivity index (χ3v) is 5.43. The van der Waals surface area contributed by atoms with Crippen molar-refractivity contribution in [2.75, 3.05) is 24.8 Å². The predicted molar refractivity (Wildman–Crippen MR) is 113 cm³/mol. The fourth-order valence-electron chi connectivity index (χ4n) is 2.58. The minimum atomic E-state index is -0.132. The summed E-state index contributed by atoms with van der Waals surface area (Å²) in [5.41, 5.74) is 2.61. The first-order chi connectivity index (χ1) is 13.6. The molecule has 0 unspecified atom stereocenters. The quantitative estimate of drug-likeness (QED) is 0.555. The zero-order valence-electron chi connectivity index (χ0n) is 15.7. The van der Waals surface area contributed by atoms with Crippen LogP contribution in [0.25, 0.3) is 11.4 Å². The summed E-state index contributed by atoms with van der Waals surface area (Å²) in [7, 11) is 1.65. The Hall–Kier alpha value is -2.35. The van der Waals surface area contributed by atoms with Gasteiger partial charge in [-0.25, -0.2) is 0 Å². The van der Waals surface area contributed by atoms with Crippen molar-refractivity contribution in [3.05, 3.63) is 59.1 Å². The van der Waals surface area contributed by atoms with E-state index < -0.39 is 0 Å². The molecule has 1 heterocycles. The van der Waals surface area contributed by atoms with E-state index in [0.717, 1.165) is 17.0 Å². The number of carbonyl (C=O) groups is 1. The van der Waals surface area contributed by atoms with Crippen LogP contribution in [0.1, 0.15) is 5.56 Å². The summed E-state index contributed by atoms with van der Waals surface area (Å²) >= 11 is 7.45. The number of nitrogens with one attached hydrogen (secondary N) is 1. The van der Waals surface area contributed by atoms with E-state index in [1.54, 1.807) is 13.2 Å². The van der Waals surface area contributed by atoms with Crippen LogP contribution in [0.2, 0.25) is 5.02 Å². The minimum absolute atomic E-state index is 0.132. The molecule has 0 atom stereocenters. The monoisotopic (exact) mass is 416 g/mol. The molecule has 0 bridgehead atoms. The zero-order chi connectivity index (χ0) is 19.9. The van der Waals surface area contributed by atoms with Gasteiger partial charge in [0, 0.05) is 23.4 Å². The number of aryl methyl sites for hydroxylation is 1. The summed E-state index contributed by atoms with van der Waals surface area (Å²) in [6, 6.07) is 15.3. The van der Waals surface area contributed by atoms with Crippen LogP contribution < -0.4 is 5.32 Å². The van der Waals surface area contributed by atoms with Gasteiger partial charge in [-0.2, -0.15) is 0 Å². The molecule has 1 aromatic heterocycles. The molecule has 1 amide bonds. The number of nitrogens with zero attached hydrogens (tertiary/aromatic N) is 3. The average Bonchev–Trinajstić information content (AvgIpc) is 3.11. The standard InChI is InChI=1S/C20H21ClN4O2S/c1-14-8-9-16(12-17(14)21)22-18(26)13-28-20-24-23-19(25(20)10-11-27-2)15-6-4-3-5-7-15/h3-9,12H,10-11,13H2,1-2H3,(H,22,26). The Morgan fingerprint density at radius 1 is 1.21 bits per heavy atom. The number of hydrogen-bond acceptors (Lipinski definition) is 5.